The van der Waals surface area contributed by atoms with Crippen molar-refractivity contribution in [3.8, 4) is 0 Å². The first kappa shape index (κ1) is 18.0. The number of halogens is 1. The van der Waals surface area contributed by atoms with Crippen LogP contribution in [0.5, 0.6) is 0 Å². The molecule has 1 fully saturated rings. The van der Waals surface area contributed by atoms with Crippen LogP contribution in [0.25, 0.3) is 22.1 Å². The summed E-state index contributed by atoms with van der Waals surface area (Å²) < 4.78 is 5.06. The minimum Gasteiger partial charge on any atom is -0.378 e. The van der Waals surface area contributed by atoms with Crippen molar-refractivity contribution >= 4 is 39.5 Å². The van der Waals surface area contributed by atoms with Gasteiger partial charge >= 0.3 is 0 Å². The molecular weight excluding hydrogens is 392 g/mol. The van der Waals surface area contributed by atoms with Gasteiger partial charge in [-0.2, -0.15) is 0 Å². The van der Waals surface area contributed by atoms with Crippen molar-refractivity contribution in [1.29, 1.82) is 0 Å². The topological polar surface area (TPSA) is 101 Å². The molecular formula is C21H17ClN4O3. The maximum Gasteiger partial charge on any atom is 0.272 e. The first-order valence-corrected chi connectivity index (χ1v) is 9.66. The van der Waals surface area contributed by atoms with Gasteiger partial charge in [-0.25, -0.2) is 9.97 Å². The number of ether oxygens (including phenoxy) is 1. The molecule has 0 radical (unpaired) electrons. The Bertz CT molecular complexity index is 1340. The Labute approximate surface area is 170 Å². The average Bonchev–Trinajstić information content (AvgIpc) is 3.47. The molecule has 1 saturated carbocycles. The molecule has 0 atom stereocenters. The second-order valence-corrected chi connectivity index (χ2v) is 7.64. The Morgan fingerprint density at radius 3 is 2.86 bits per heavy atom. The molecule has 0 unspecified atom stereocenters. The van der Waals surface area contributed by atoms with Crippen molar-refractivity contribution < 1.29 is 9.53 Å². The number of methoxy groups -OCH3 is 1. The summed E-state index contributed by atoms with van der Waals surface area (Å²) in [7, 11) is 1.49. The molecule has 1 aromatic carbocycles. The van der Waals surface area contributed by atoms with Crippen LogP contribution in [0, 0.1) is 0 Å². The normalized spacial score (nSPS) is 14.0. The first-order chi connectivity index (χ1) is 14.1. The minimum absolute atomic E-state index is 0.0667. The average molecular weight is 409 g/mol. The summed E-state index contributed by atoms with van der Waals surface area (Å²) in [5.41, 5.74) is 3.33. The van der Waals surface area contributed by atoms with Crippen LogP contribution in [-0.2, 0) is 11.3 Å². The zero-order valence-electron chi connectivity index (χ0n) is 15.6. The van der Waals surface area contributed by atoms with Gasteiger partial charge in [0, 0.05) is 18.9 Å². The molecule has 0 amide bonds. The molecule has 7 nitrogen and oxygen atoms in total. The molecule has 1 aliphatic rings. The number of pyridine rings is 1. The lowest BCUT2D eigenvalue weighted by Gasteiger charge is -2.07. The Morgan fingerprint density at radius 2 is 2.14 bits per heavy atom. The van der Waals surface area contributed by atoms with Gasteiger partial charge in [-0.3, -0.25) is 9.59 Å². The van der Waals surface area contributed by atoms with E-state index in [0.29, 0.717) is 44.1 Å². The number of benzene rings is 1. The fourth-order valence-electron chi connectivity index (χ4n) is 3.61. The van der Waals surface area contributed by atoms with Gasteiger partial charge in [-0.15, -0.1) is 0 Å². The number of ketones is 1. The van der Waals surface area contributed by atoms with Crippen molar-refractivity contribution in [3.05, 3.63) is 68.4 Å². The van der Waals surface area contributed by atoms with Crippen LogP contribution < -0.4 is 5.56 Å². The summed E-state index contributed by atoms with van der Waals surface area (Å²) in [5, 5.41) is 0.979. The minimum atomic E-state index is -0.345. The summed E-state index contributed by atoms with van der Waals surface area (Å²) in [4.78, 5) is 40.0. The van der Waals surface area contributed by atoms with E-state index in [0.717, 1.165) is 12.8 Å². The fourth-order valence-corrected chi connectivity index (χ4v) is 3.89. The van der Waals surface area contributed by atoms with Crippen LogP contribution in [0.2, 0.25) is 5.02 Å². The van der Waals surface area contributed by atoms with Crippen LogP contribution in [0.15, 0.2) is 35.4 Å². The number of carbonyl (C=O) groups is 1. The van der Waals surface area contributed by atoms with Gasteiger partial charge in [0.1, 0.15) is 16.9 Å². The summed E-state index contributed by atoms with van der Waals surface area (Å²) in [6.45, 7) is 0.0667. The summed E-state index contributed by atoms with van der Waals surface area (Å²) in [6.07, 6.45) is 5.45. The maximum absolute atomic E-state index is 13.3. The monoisotopic (exact) mass is 408 g/mol. The number of aromatic nitrogens is 4. The van der Waals surface area contributed by atoms with Crippen LogP contribution in [0.4, 0.5) is 0 Å². The van der Waals surface area contributed by atoms with E-state index in [9.17, 15) is 9.59 Å². The van der Waals surface area contributed by atoms with E-state index in [1.54, 1.807) is 12.3 Å². The Kier molecular flexibility index (Phi) is 4.22. The maximum atomic E-state index is 13.3. The lowest BCUT2D eigenvalue weighted by atomic mass is 10.00. The van der Waals surface area contributed by atoms with Crippen LogP contribution in [0.3, 0.4) is 0 Å². The molecule has 3 heterocycles. The zero-order valence-corrected chi connectivity index (χ0v) is 16.3. The van der Waals surface area contributed by atoms with Gasteiger partial charge in [0.15, 0.2) is 5.78 Å². The molecule has 29 heavy (non-hydrogen) atoms. The van der Waals surface area contributed by atoms with Gasteiger partial charge in [0.2, 0.25) is 0 Å². The Morgan fingerprint density at radius 1 is 1.31 bits per heavy atom. The van der Waals surface area contributed by atoms with E-state index in [1.165, 1.54) is 18.9 Å². The number of aromatic amines is 2. The van der Waals surface area contributed by atoms with Gasteiger partial charge in [0.25, 0.3) is 5.56 Å². The first-order valence-electron chi connectivity index (χ1n) is 9.29. The summed E-state index contributed by atoms with van der Waals surface area (Å²) >= 11 is 6.44. The molecule has 1 aliphatic carbocycles. The summed E-state index contributed by atoms with van der Waals surface area (Å²) in [5.74, 6) is 0.331. The predicted octanol–water partition coefficient (Wildman–Crippen LogP) is 3.71. The molecule has 3 aromatic heterocycles. The number of H-pyrrole nitrogens is 2. The number of hydrogen-bond donors (Lipinski definition) is 2. The molecule has 146 valence electrons. The third-order valence-electron chi connectivity index (χ3n) is 5.24. The SMILES string of the molecule is COCc1nc2c(cnc3[nH]cc(C(=O)c4ccc(C5CC5)cc4Cl)c32)[nH]c1=O. The van der Waals surface area contributed by atoms with Gasteiger partial charge in [-0.1, -0.05) is 17.7 Å². The summed E-state index contributed by atoms with van der Waals surface area (Å²) in [6, 6.07) is 5.62. The van der Waals surface area contributed by atoms with E-state index in [1.807, 2.05) is 12.1 Å². The van der Waals surface area contributed by atoms with E-state index >= 15 is 0 Å². The van der Waals surface area contributed by atoms with Crippen molar-refractivity contribution in [2.24, 2.45) is 0 Å². The lowest BCUT2D eigenvalue weighted by molar-refractivity contribution is 0.104. The highest BCUT2D eigenvalue weighted by molar-refractivity contribution is 6.36. The number of carbonyl (C=O) groups excluding carboxylic acids is 1. The highest BCUT2D eigenvalue weighted by Gasteiger charge is 2.26. The standard InChI is InChI=1S/C21H17ClN4O3/c1-29-9-16-21(28)26-15-8-24-20-17(18(15)25-16)13(7-23-20)19(27)12-5-4-11(6-14(12)22)10-2-3-10/h4-8,10H,2-3,9H2,1H3,(H,23,24)(H,26,28). The Hall–Kier alpha value is -3.03. The molecule has 0 bridgehead atoms. The van der Waals surface area contributed by atoms with Crippen molar-refractivity contribution in [3.63, 3.8) is 0 Å². The third kappa shape index (κ3) is 3.03. The molecule has 2 N–H and O–H groups in total. The molecule has 0 spiro atoms. The second-order valence-electron chi connectivity index (χ2n) is 7.23. The van der Waals surface area contributed by atoms with Crippen molar-refractivity contribution in [1.82, 2.24) is 19.9 Å². The van der Waals surface area contributed by atoms with E-state index < -0.39 is 0 Å². The molecule has 8 heteroatoms. The number of nitrogens with zero attached hydrogens (tertiary/aromatic N) is 2. The molecule has 0 saturated heterocycles. The number of nitrogens with one attached hydrogen (secondary N) is 2. The van der Waals surface area contributed by atoms with Crippen LogP contribution >= 0.6 is 11.6 Å². The second kappa shape index (κ2) is 6.79. The molecule has 5 rings (SSSR count). The number of rotatable bonds is 5. The lowest BCUT2D eigenvalue weighted by Crippen LogP contribution is -2.16. The third-order valence-corrected chi connectivity index (χ3v) is 5.56. The van der Waals surface area contributed by atoms with E-state index in [-0.39, 0.29) is 23.6 Å². The largest absolute Gasteiger partial charge is 0.378 e. The van der Waals surface area contributed by atoms with Crippen molar-refractivity contribution in [2.45, 2.75) is 25.4 Å². The smallest absolute Gasteiger partial charge is 0.272 e. The highest BCUT2D eigenvalue weighted by Crippen LogP contribution is 2.41. The Balaban J connectivity index is 1.68. The van der Waals surface area contributed by atoms with E-state index in [4.69, 9.17) is 16.3 Å². The number of fused-ring (bicyclic) bond motifs is 3. The van der Waals surface area contributed by atoms with E-state index in [2.05, 4.69) is 19.9 Å². The molecule has 4 aromatic rings. The van der Waals surface area contributed by atoms with Crippen LogP contribution in [0.1, 0.15) is 45.9 Å². The quantitative estimate of drug-likeness (QED) is 0.490. The predicted molar refractivity (Wildman–Crippen MR) is 110 cm³/mol. The number of hydrogen-bond acceptors (Lipinski definition) is 5. The van der Waals surface area contributed by atoms with Gasteiger partial charge in [-0.05, 0) is 36.5 Å². The van der Waals surface area contributed by atoms with Gasteiger partial charge < -0.3 is 14.7 Å². The van der Waals surface area contributed by atoms with Crippen molar-refractivity contribution in [2.75, 3.05) is 7.11 Å². The molecule has 0 aliphatic heterocycles. The highest BCUT2D eigenvalue weighted by atomic mass is 35.5. The van der Waals surface area contributed by atoms with Crippen LogP contribution in [-0.4, -0.2) is 32.8 Å². The fraction of sp³-hybridized carbons (Fsp3) is 0.238. The van der Waals surface area contributed by atoms with Gasteiger partial charge in [0.05, 0.1) is 34.3 Å². The zero-order chi connectivity index (χ0) is 20.1.